The molecular formula is C10H13N3O. The molecule has 0 aromatic carbocycles. The third-order valence-electron chi connectivity index (χ3n) is 1.81. The van der Waals surface area contributed by atoms with Gasteiger partial charge in [0.05, 0.1) is 19.2 Å². The number of nitriles is 1. The fourth-order valence-corrected chi connectivity index (χ4v) is 0.953. The van der Waals surface area contributed by atoms with Crippen LogP contribution in [0.4, 0.5) is 0 Å². The van der Waals surface area contributed by atoms with Crippen molar-refractivity contribution in [1.29, 1.82) is 5.26 Å². The molecule has 1 aromatic rings. The first-order chi connectivity index (χ1) is 6.76. The second-order valence-electron chi connectivity index (χ2n) is 2.94. The standard InChI is InChI=1S/C10H13N3O/c1-8(5-11)12-6-9-3-4-10(14-2)13-7-9/h3-4,7-8,12H,6H2,1-2H3. The monoisotopic (exact) mass is 191 g/mol. The summed E-state index contributed by atoms with van der Waals surface area (Å²) in [4.78, 5) is 4.06. The Morgan fingerprint density at radius 1 is 1.64 bits per heavy atom. The number of rotatable bonds is 4. The molecule has 4 heteroatoms. The van der Waals surface area contributed by atoms with E-state index in [1.54, 1.807) is 19.4 Å². The van der Waals surface area contributed by atoms with Crippen LogP contribution < -0.4 is 10.1 Å². The third kappa shape index (κ3) is 3.04. The van der Waals surface area contributed by atoms with E-state index in [-0.39, 0.29) is 6.04 Å². The van der Waals surface area contributed by atoms with Gasteiger partial charge in [-0.15, -0.1) is 0 Å². The van der Waals surface area contributed by atoms with Crippen molar-refractivity contribution < 1.29 is 4.74 Å². The van der Waals surface area contributed by atoms with Crippen molar-refractivity contribution >= 4 is 0 Å². The SMILES string of the molecule is COc1ccc(CNC(C)C#N)cn1. The number of hydrogen-bond acceptors (Lipinski definition) is 4. The fourth-order valence-electron chi connectivity index (χ4n) is 0.953. The average molecular weight is 191 g/mol. The molecule has 0 aliphatic rings. The Balaban J connectivity index is 2.48. The lowest BCUT2D eigenvalue weighted by atomic mass is 10.2. The van der Waals surface area contributed by atoms with Crippen LogP contribution in [0.2, 0.25) is 0 Å². The Morgan fingerprint density at radius 2 is 2.43 bits per heavy atom. The van der Waals surface area contributed by atoms with Crippen molar-refractivity contribution in [3.63, 3.8) is 0 Å². The number of nitrogens with one attached hydrogen (secondary N) is 1. The summed E-state index contributed by atoms with van der Waals surface area (Å²) in [7, 11) is 1.58. The van der Waals surface area contributed by atoms with Gasteiger partial charge in [0.1, 0.15) is 0 Å². The highest BCUT2D eigenvalue weighted by molar-refractivity contribution is 5.17. The van der Waals surface area contributed by atoms with Gasteiger partial charge < -0.3 is 4.74 Å². The van der Waals surface area contributed by atoms with Crippen LogP contribution in [-0.2, 0) is 6.54 Å². The van der Waals surface area contributed by atoms with E-state index in [0.29, 0.717) is 12.4 Å². The Hall–Kier alpha value is -1.60. The van der Waals surface area contributed by atoms with Crippen LogP contribution >= 0.6 is 0 Å². The van der Waals surface area contributed by atoms with Crippen LogP contribution in [0.3, 0.4) is 0 Å². The van der Waals surface area contributed by atoms with E-state index in [1.807, 2.05) is 13.0 Å². The maximum absolute atomic E-state index is 8.55. The van der Waals surface area contributed by atoms with Crippen LogP contribution in [0.15, 0.2) is 18.3 Å². The molecule has 0 saturated heterocycles. The van der Waals surface area contributed by atoms with E-state index in [1.165, 1.54) is 0 Å². The summed E-state index contributed by atoms with van der Waals surface area (Å²) in [6.07, 6.45) is 1.73. The molecule has 4 nitrogen and oxygen atoms in total. The highest BCUT2D eigenvalue weighted by Crippen LogP contribution is 2.06. The zero-order valence-corrected chi connectivity index (χ0v) is 8.32. The summed E-state index contributed by atoms with van der Waals surface area (Å²) in [5, 5.41) is 11.6. The van der Waals surface area contributed by atoms with Gasteiger partial charge in [0.25, 0.3) is 0 Å². The Bertz CT molecular complexity index is 315. The molecule has 0 radical (unpaired) electrons. The second kappa shape index (κ2) is 5.20. The van der Waals surface area contributed by atoms with Crippen LogP contribution in [-0.4, -0.2) is 18.1 Å². The topological polar surface area (TPSA) is 57.9 Å². The number of hydrogen-bond donors (Lipinski definition) is 1. The van der Waals surface area contributed by atoms with Gasteiger partial charge in [-0.2, -0.15) is 5.26 Å². The molecule has 0 bridgehead atoms. The molecule has 1 rings (SSSR count). The molecular weight excluding hydrogens is 178 g/mol. The molecule has 14 heavy (non-hydrogen) atoms. The van der Waals surface area contributed by atoms with E-state index in [9.17, 15) is 0 Å². The molecule has 0 aliphatic carbocycles. The molecule has 0 spiro atoms. The van der Waals surface area contributed by atoms with E-state index < -0.39 is 0 Å². The minimum absolute atomic E-state index is 0.142. The second-order valence-corrected chi connectivity index (χ2v) is 2.94. The first kappa shape index (κ1) is 10.5. The number of methoxy groups -OCH3 is 1. The zero-order chi connectivity index (χ0) is 10.4. The van der Waals surface area contributed by atoms with Gasteiger partial charge in [-0.05, 0) is 12.5 Å². The highest BCUT2D eigenvalue weighted by atomic mass is 16.5. The van der Waals surface area contributed by atoms with Gasteiger partial charge in [-0.25, -0.2) is 4.98 Å². The smallest absolute Gasteiger partial charge is 0.212 e. The molecule has 0 amide bonds. The van der Waals surface area contributed by atoms with Crippen molar-refractivity contribution in [2.75, 3.05) is 7.11 Å². The quantitative estimate of drug-likeness (QED) is 0.774. The lowest BCUT2D eigenvalue weighted by Crippen LogP contribution is -2.23. The summed E-state index contributed by atoms with van der Waals surface area (Å²) < 4.78 is 4.93. The first-order valence-electron chi connectivity index (χ1n) is 4.38. The molecule has 0 fully saturated rings. The largest absolute Gasteiger partial charge is 0.481 e. The predicted octanol–water partition coefficient (Wildman–Crippen LogP) is 1.09. The van der Waals surface area contributed by atoms with Gasteiger partial charge in [0.15, 0.2) is 0 Å². The maximum Gasteiger partial charge on any atom is 0.212 e. The van der Waals surface area contributed by atoms with Crippen molar-refractivity contribution in [1.82, 2.24) is 10.3 Å². The highest BCUT2D eigenvalue weighted by Gasteiger charge is 1.99. The fraction of sp³-hybridized carbons (Fsp3) is 0.400. The van der Waals surface area contributed by atoms with Crippen molar-refractivity contribution in [2.45, 2.75) is 19.5 Å². The van der Waals surface area contributed by atoms with Crippen molar-refractivity contribution in [2.24, 2.45) is 0 Å². The van der Waals surface area contributed by atoms with Crippen LogP contribution in [0.25, 0.3) is 0 Å². The van der Waals surface area contributed by atoms with Crippen LogP contribution in [0.1, 0.15) is 12.5 Å². The average Bonchev–Trinajstić information content (AvgIpc) is 2.26. The van der Waals surface area contributed by atoms with Gasteiger partial charge in [-0.3, -0.25) is 5.32 Å². The van der Waals surface area contributed by atoms with Gasteiger partial charge in [0, 0.05) is 18.8 Å². The number of ether oxygens (including phenoxy) is 1. The Labute approximate surface area is 83.5 Å². The molecule has 1 unspecified atom stereocenters. The van der Waals surface area contributed by atoms with Crippen molar-refractivity contribution in [3.05, 3.63) is 23.9 Å². The van der Waals surface area contributed by atoms with Crippen molar-refractivity contribution in [3.8, 4) is 11.9 Å². The first-order valence-corrected chi connectivity index (χ1v) is 4.38. The molecule has 1 atom stereocenters. The minimum Gasteiger partial charge on any atom is -0.481 e. The lowest BCUT2D eigenvalue weighted by molar-refractivity contribution is 0.397. The summed E-state index contributed by atoms with van der Waals surface area (Å²) in [6, 6.07) is 5.68. The summed E-state index contributed by atoms with van der Waals surface area (Å²) >= 11 is 0. The van der Waals surface area contributed by atoms with Crippen LogP contribution in [0.5, 0.6) is 5.88 Å². The Morgan fingerprint density at radius 3 is 2.93 bits per heavy atom. The van der Waals surface area contributed by atoms with Gasteiger partial charge >= 0.3 is 0 Å². The van der Waals surface area contributed by atoms with E-state index in [4.69, 9.17) is 10.00 Å². The number of nitrogens with zero attached hydrogens (tertiary/aromatic N) is 2. The zero-order valence-electron chi connectivity index (χ0n) is 8.32. The Kier molecular flexibility index (Phi) is 3.89. The van der Waals surface area contributed by atoms with E-state index in [0.717, 1.165) is 5.56 Å². The third-order valence-corrected chi connectivity index (χ3v) is 1.81. The summed E-state index contributed by atoms with van der Waals surface area (Å²) in [5.41, 5.74) is 1.04. The lowest BCUT2D eigenvalue weighted by Gasteiger charge is -2.05. The van der Waals surface area contributed by atoms with Gasteiger partial charge in [0.2, 0.25) is 5.88 Å². The normalized spacial score (nSPS) is 11.8. The number of aromatic nitrogens is 1. The van der Waals surface area contributed by atoms with Crippen LogP contribution in [0, 0.1) is 11.3 Å². The molecule has 1 N–H and O–H groups in total. The number of pyridine rings is 1. The van der Waals surface area contributed by atoms with E-state index in [2.05, 4.69) is 16.4 Å². The molecule has 0 saturated carbocycles. The molecule has 0 aliphatic heterocycles. The molecule has 74 valence electrons. The van der Waals surface area contributed by atoms with E-state index >= 15 is 0 Å². The predicted molar refractivity (Wildman–Crippen MR) is 52.7 cm³/mol. The minimum atomic E-state index is -0.142. The summed E-state index contributed by atoms with van der Waals surface area (Å²) in [5.74, 6) is 0.599. The van der Waals surface area contributed by atoms with Gasteiger partial charge in [-0.1, -0.05) is 6.07 Å². The summed E-state index contributed by atoms with van der Waals surface area (Å²) in [6.45, 7) is 2.46. The maximum atomic E-state index is 8.55. The molecule has 1 aromatic heterocycles. The molecule has 1 heterocycles.